The van der Waals surface area contributed by atoms with Crippen LogP contribution in [0.1, 0.15) is 12.5 Å². The van der Waals surface area contributed by atoms with Crippen LogP contribution in [0.4, 0.5) is 10.8 Å². The molecule has 2 rings (SSSR count). The number of aromatic nitrogens is 2. The summed E-state index contributed by atoms with van der Waals surface area (Å²) in [7, 11) is 3.18. The van der Waals surface area contributed by atoms with Crippen LogP contribution < -0.4 is 15.4 Å². The van der Waals surface area contributed by atoms with E-state index in [2.05, 4.69) is 20.8 Å². The number of hydrogen-bond acceptors (Lipinski definition) is 8. The topological polar surface area (TPSA) is 85.4 Å². The van der Waals surface area contributed by atoms with Crippen LogP contribution in [0.25, 0.3) is 0 Å². The molecule has 0 aliphatic carbocycles. The fourth-order valence-corrected chi connectivity index (χ4v) is 4.03. The molecule has 2 N–H and O–H groups in total. The van der Waals surface area contributed by atoms with Crippen LogP contribution >= 0.6 is 34.7 Å². The second kappa shape index (κ2) is 9.96. The molecule has 1 amide bonds. The number of carbonyl (C=O) groups is 1. The van der Waals surface area contributed by atoms with Crippen molar-refractivity contribution in [2.75, 3.05) is 38.0 Å². The zero-order valence-electron chi connectivity index (χ0n) is 15.0. The van der Waals surface area contributed by atoms with E-state index in [1.54, 1.807) is 19.2 Å². The average molecular weight is 417 g/mol. The van der Waals surface area contributed by atoms with Gasteiger partial charge in [0.1, 0.15) is 5.75 Å². The van der Waals surface area contributed by atoms with E-state index in [0.717, 1.165) is 5.56 Å². The normalized spacial score (nSPS) is 11.9. The highest BCUT2D eigenvalue weighted by Gasteiger charge is 2.19. The molecule has 1 atom stereocenters. The molecule has 0 saturated heterocycles. The van der Waals surface area contributed by atoms with Crippen LogP contribution in [0.5, 0.6) is 5.75 Å². The highest BCUT2D eigenvalue weighted by Crippen LogP contribution is 2.33. The predicted molar refractivity (Wildman–Crippen MR) is 107 cm³/mol. The first-order valence-corrected chi connectivity index (χ1v) is 9.90. The lowest BCUT2D eigenvalue weighted by Gasteiger charge is -2.14. The summed E-state index contributed by atoms with van der Waals surface area (Å²) in [5, 5.41) is 15.1. The average Bonchev–Trinajstić information content (AvgIpc) is 3.05. The van der Waals surface area contributed by atoms with E-state index in [9.17, 15) is 4.79 Å². The van der Waals surface area contributed by atoms with E-state index in [-0.39, 0.29) is 11.2 Å². The first kappa shape index (κ1) is 20.8. The van der Waals surface area contributed by atoms with Gasteiger partial charge in [-0.3, -0.25) is 4.79 Å². The number of hydrogen-bond donors (Lipinski definition) is 2. The lowest BCUT2D eigenvalue weighted by Crippen LogP contribution is -2.22. The van der Waals surface area contributed by atoms with E-state index in [0.29, 0.717) is 39.1 Å². The maximum atomic E-state index is 12.5. The molecule has 10 heteroatoms. The van der Waals surface area contributed by atoms with Gasteiger partial charge in [-0.1, -0.05) is 34.7 Å². The molecule has 0 aliphatic rings. The summed E-state index contributed by atoms with van der Waals surface area (Å²) in [5.41, 5.74) is 1.45. The number of nitrogens with zero attached hydrogens (tertiary/aromatic N) is 2. The Kier molecular flexibility index (Phi) is 7.95. The summed E-state index contributed by atoms with van der Waals surface area (Å²) < 4.78 is 11.0. The monoisotopic (exact) mass is 416 g/mol. The standard InChI is InChI=1S/C16H21ClN4O3S2/c1-9-7-12(13(24-4)8-11(9)17)19-14(22)10(2)25-16-21-20-15(26-16)18-5-6-23-3/h7-8,10H,5-6H2,1-4H3,(H,18,20)(H,19,22)/t10-/m1/s1. The van der Waals surface area contributed by atoms with Crippen LogP contribution in [0.2, 0.25) is 5.02 Å². The molecule has 0 aliphatic heterocycles. The number of amides is 1. The second-order valence-corrected chi connectivity index (χ2v) is 8.32. The van der Waals surface area contributed by atoms with Crippen molar-refractivity contribution in [2.45, 2.75) is 23.4 Å². The van der Waals surface area contributed by atoms with Gasteiger partial charge >= 0.3 is 0 Å². The molecular formula is C16H21ClN4O3S2. The van der Waals surface area contributed by atoms with Gasteiger partial charge < -0.3 is 20.1 Å². The van der Waals surface area contributed by atoms with Crippen molar-refractivity contribution < 1.29 is 14.3 Å². The predicted octanol–water partition coefficient (Wildman–Crippen LogP) is 3.69. The van der Waals surface area contributed by atoms with E-state index < -0.39 is 0 Å². The van der Waals surface area contributed by atoms with E-state index >= 15 is 0 Å². The van der Waals surface area contributed by atoms with Crippen molar-refractivity contribution in [3.05, 3.63) is 22.7 Å². The minimum Gasteiger partial charge on any atom is -0.495 e. The van der Waals surface area contributed by atoms with Gasteiger partial charge in [0.05, 0.1) is 24.7 Å². The fourth-order valence-electron chi connectivity index (χ4n) is 1.96. The molecule has 2 aromatic rings. The van der Waals surface area contributed by atoms with Crippen molar-refractivity contribution in [1.82, 2.24) is 10.2 Å². The first-order chi connectivity index (χ1) is 12.4. The molecule has 0 saturated carbocycles. The zero-order valence-corrected chi connectivity index (χ0v) is 17.3. The Morgan fingerprint density at radius 1 is 1.38 bits per heavy atom. The Morgan fingerprint density at radius 2 is 2.15 bits per heavy atom. The zero-order chi connectivity index (χ0) is 19.1. The van der Waals surface area contributed by atoms with Gasteiger partial charge in [0.2, 0.25) is 11.0 Å². The third-order valence-electron chi connectivity index (χ3n) is 3.37. The van der Waals surface area contributed by atoms with Crippen molar-refractivity contribution in [3.63, 3.8) is 0 Å². The number of benzene rings is 1. The Labute approximate surface area is 165 Å². The van der Waals surface area contributed by atoms with Crippen LogP contribution in [0, 0.1) is 6.92 Å². The smallest absolute Gasteiger partial charge is 0.237 e. The number of rotatable bonds is 9. The number of carbonyl (C=O) groups excluding carboxylic acids is 1. The van der Waals surface area contributed by atoms with Crippen LogP contribution in [0.3, 0.4) is 0 Å². The van der Waals surface area contributed by atoms with E-state index in [1.165, 1.54) is 30.2 Å². The maximum Gasteiger partial charge on any atom is 0.237 e. The van der Waals surface area contributed by atoms with Gasteiger partial charge in [0.15, 0.2) is 4.34 Å². The number of anilines is 2. The lowest BCUT2D eigenvalue weighted by molar-refractivity contribution is -0.115. The molecular weight excluding hydrogens is 396 g/mol. The Bertz CT molecular complexity index is 757. The van der Waals surface area contributed by atoms with Gasteiger partial charge in [-0.2, -0.15) is 0 Å². The molecule has 142 valence electrons. The number of aryl methyl sites for hydroxylation is 1. The van der Waals surface area contributed by atoms with Crippen molar-refractivity contribution in [3.8, 4) is 5.75 Å². The van der Waals surface area contributed by atoms with Gasteiger partial charge in [0.25, 0.3) is 0 Å². The molecule has 0 fully saturated rings. The third-order valence-corrected chi connectivity index (χ3v) is 5.85. The summed E-state index contributed by atoms with van der Waals surface area (Å²) >= 11 is 8.84. The van der Waals surface area contributed by atoms with Gasteiger partial charge in [0, 0.05) is 24.7 Å². The molecule has 0 unspecified atom stereocenters. The molecule has 0 bridgehead atoms. The van der Waals surface area contributed by atoms with E-state index in [1.807, 2.05) is 13.8 Å². The quantitative estimate of drug-likeness (QED) is 0.476. The van der Waals surface area contributed by atoms with E-state index in [4.69, 9.17) is 21.1 Å². The first-order valence-electron chi connectivity index (χ1n) is 7.82. The van der Waals surface area contributed by atoms with Gasteiger partial charge in [-0.05, 0) is 25.5 Å². The van der Waals surface area contributed by atoms with Crippen molar-refractivity contribution in [2.24, 2.45) is 0 Å². The highest BCUT2D eigenvalue weighted by molar-refractivity contribution is 8.02. The largest absolute Gasteiger partial charge is 0.495 e. The van der Waals surface area contributed by atoms with Gasteiger partial charge in [-0.15, -0.1) is 10.2 Å². The lowest BCUT2D eigenvalue weighted by atomic mass is 10.2. The molecule has 26 heavy (non-hydrogen) atoms. The summed E-state index contributed by atoms with van der Waals surface area (Å²) in [5.74, 6) is 0.366. The molecule has 0 radical (unpaired) electrons. The maximum absolute atomic E-state index is 12.5. The summed E-state index contributed by atoms with van der Waals surface area (Å²) in [6.45, 7) is 4.92. The minimum atomic E-state index is -0.351. The number of nitrogens with one attached hydrogen (secondary N) is 2. The number of ether oxygens (including phenoxy) is 2. The second-order valence-electron chi connectivity index (χ2n) is 5.34. The number of thioether (sulfide) groups is 1. The van der Waals surface area contributed by atoms with Gasteiger partial charge in [-0.25, -0.2) is 0 Å². The van der Waals surface area contributed by atoms with Crippen molar-refractivity contribution in [1.29, 1.82) is 0 Å². The summed E-state index contributed by atoms with van der Waals surface area (Å²) in [6.07, 6.45) is 0. The molecule has 1 heterocycles. The number of methoxy groups -OCH3 is 2. The fraction of sp³-hybridized carbons (Fsp3) is 0.438. The van der Waals surface area contributed by atoms with Crippen molar-refractivity contribution >= 4 is 51.4 Å². The Hall–Kier alpha value is -1.55. The molecule has 1 aromatic carbocycles. The minimum absolute atomic E-state index is 0.154. The summed E-state index contributed by atoms with van der Waals surface area (Å²) in [4.78, 5) is 12.5. The van der Waals surface area contributed by atoms with Crippen LogP contribution in [0.15, 0.2) is 16.5 Å². The Balaban J connectivity index is 1.97. The highest BCUT2D eigenvalue weighted by atomic mass is 35.5. The van der Waals surface area contributed by atoms with Crippen LogP contribution in [-0.2, 0) is 9.53 Å². The third kappa shape index (κ3) is 5.73. The summed E-state index contributed by atoms with van der Waals surface area (Å²) in [6, 6.07) is 3.48. The molecule has 7 nitrogen and oxygen atoms in total. The number of halogens is 1. The van der Waals surface area contributed by atoms with Crippen LogP contribution in [-0.4, -0.2) is 48.7 Å². The Morgan fingerprint density at radius 3 is 2.85 bits per heavy atom. The molecule has 1 aromatic heterocycles. The SMILES string of the molecule is COCCNc1nnc(S[C@H](C)C(=O)Nc2cc(C)c(Cl)cc2OC)s1. The molecule has 0 spiro atoms.